The maximum atomic E-state index is 12.7. The van der Waals surface area contributed by atoms with E-state index in [0.29, 0.717) is 23.3 Å². The molecule has 8 nitrogen and oxygen atoms in total. The number of hydrogen-bond acceptors (Lipinski definition) is 7. The van der Waals surface area contributed by atoms with Crippen LogP contribution in [0.1, 0.15) is 24.3 Å². The van der Waals surface area contributed by atoms with E-state index in [1.807, 2.05) is 0 Å². The van der Waals surface area contributed by atoms with Gasteiger partial charge in [-0.1, -0.05) is 12.1 Å². The molecule has 0 bridgehead atoms. The van der Waals surface area contributed by atoms with Crippen molar-refractivity contribution in [2.75, 3.05) is 56.1 Å². The zero-order valence-corrected chi connectivity index (χ0v) is 19.4. The lowest BCUT2D eigenvalue weighted by Crippen LogP contribution is -2.44. The molecule has 33 heavy (non-hydrogen) atoms. The van der Waals surface area contributed by atoms with E-state index in [1.54, 1.807) is 29.9 Å². The van der Waals surface area contributed by atoms with Crippen molar-refractivity contribution in [1.82, 2.24) is 24.4 Å². The molecule has 4 heterocycles. The Morgan fingerprint density at radius 3 is 2.42 bits per heavy atom. The maximum absolute atomic E-state index is 12.7. The Bertz CT molecular complexity index is 1140. The normalized spacial score (nSPS) is 19.6. The summed E-state index contributed by atoms with van der Waals surface area (Å²) >= 11 is 0. The summed E-state index contributed by atoms with van der Waals surface area (Å²) in [6, 6.07) is 12.4. The topological polar surface area (TPSA) is 70.4 Å². The van der Waals surface area contributed by atoms with Gasteiger partial charge in [-0.15, -0.1) is 0 Å². The number of piperidine rings is 1. The molecule has 0 radical (unpaired) electrons. The Morgan fingerprint density at radius 2 is 1.70 bits per heavy atom. The van der Waals surface area contributed by atoms with E-state index in [1.165, 1.54) is 17.6 Å². The molecule has 0 aliphatic carbocycles. The van der Waals surface area contributed by atoms with Crippen LogP contribution >= 0.6 is 0 Å². The van der Waals surface area contributed by atoms with Crippen LogP contribution < -0.4 is 15.4 Å². The van der Waals surface area contributed by atoms with E-state index in [-0.39, 0.29) is 5.56 Å². The number of nitrogens with zero attached hydrogens (tertiary/aromatic N) is 7. The minimum Gasteiger partial charge on any atom is -0.369 e. The van der Waals surface area contributed by atoms with Crippen LogP contribution in [0.15, 0.2) is 53.7 Å². The van der Waals surface area contributed by atoms with Crippen LogP contribution in [0.25, 0.3) is 11.4 Å². The van der Waals surface area contributed by atoms with Crippen LogP contribution in [-0.4, -0.2) is 70.7 Å². The monoisotopic (exact) mass is 445 g/mol. The third-order valence-corrected chi connectivity index (χ3v) is 6.89. The second kappa shape index (κ2) is 9.31. The standard InChI is InChI=1S/C25H31N7O/c1-29-12-14-31(15-13-29)21-7-5-19(6-8-21)20-4-3-11-32(17-20)25-28-23(16-24(33)30(25)2)22-9-10-26-18-27-22/h5-10,16,18,20H,3-4,11-15,17H2,1-2H3. The molecule has 2 aliphatic rings. The highest BCUT2D eigenvalue weighted by Gasteiger charge is 2.25. The summed E-state index contributed by atoms with van der Waals surface area (Å²) in [5, 5.41) is 0. The third-order valence-electron chi connectivity index (χ3n) is 6.89. The first-order valence-electron chi connectivity index (χ1n) is 11.7. The molecule has 0 saturated carbocycles. The van der Waals surface area contributed by atoms with Crippen LogP contribution in [0.2, 0.25) is 0 Å². The summed E-state index contributed by atoms with van der Waals surface area (Å²) in [4.78, 5) is 32.8. The first kappa shape index (κ1) is 21.6. The van der Waals surface area contributed by atoms with Crippen molar-refractivity contribution >= 4 is 11.6 Å². The van der Waals surface area contributed by atoms with Crippen LogP contribution in [-0.2, 0) is 7.05 Å². The van der Waals surface area contributed by atoms with Gasteiger partial charge in [-0.25, -0.2) is 15.0 Å². The van der Waals surface area contributed by atoms with Gasteiger partial charge >= 0.3 is 0 Å². The number of hydrogen-bond donors (Lipinski definition) is 0. The molecule has 1 atom stereocenters. The van der Waals surface area contributed by atoms with Crippen molar-refractivity contribution in [3.8, 4) is 11.4 Å². The lowest BCUT2D eigenvalue weighted by molar-refractivity contribution is 0.313. The maximum Gasteiger partial charge on any atom is 0.255 e. The number of piperazine rings is 1. The largest absolute Gasteiger partial charge is 0.369 e. The van der Waals surface area contributed by atoms with Gasteiger partial charge in [0.1, 0.15) is 6.33 Å². The minimum absolute atomic E-state index is 0.0766. The van der Waals surface area contributed by atoms with Crippen molar-refractivity contribution in [3.05, 3.63) is 64.8 Å². The van der Waals surface area contributed by atoms with Gasteiger partial charge in [0.2, 0.25) is 5.95 Å². The summed E-state index contributed by atoms with van der Waals surface area (Å²) in [5.41, 5.74) is 3.84. The molecular weight excluding hydrogens is 414 g/mol. The molecule has 2 saturated heterocycles. The van der Waals surface area contributed by atoms with Crippen molar-refractivity contribution in [3.63, 3.8) is 0 Å². The summed E-state index contributed by atoms with van der Waals surface area (Å²) in [6.45, 7) is 6.12. The number of aromatic nitrogens is 4. The lowest BCUT2D eigenvalue weighted by atomic mass is 9.90. The first-order valence-corrected chi connectivity index (χ1v) is 11.7. The second-order valence-corrected chi connectivity index (χ2v) is 9.10. The van der Waals surface area contributed by atoms with E-state index in [0.717, 1.165) is 52.1 Å². The zero-order valence-electron chi connectivity index (χ0n) is 19.4. The molecule has 8 heteroatoms. The van der Waals surface area contributed by atoms with Gasteiger partial charge in [-0.3, -0.25) is 9.36 Å². The Hall–Kier alpha value is -3.26. The number of benzene rings is 1. The Balaban J connectivity index is 1.35. The molecule has 172 valence electrons. The zero-order chi connectivity index (χ0) is 22.8. The van der Waals surface area contributed by atoms with Crippen LogP contribution in [0, 0.1) is 0 Å². The fourth-order valence-electron chi connectivity index (χ4n) is 4.84. The Kier molecular flexibility index (Phi) is 6.09. The van der Waals surface area contributed by atoms with Gasteiger partial charge in [-0.2, -0.15) is 0 Å². The third kappa shape index (κ3) is 4.61. The second-order valence-electron chi connectivity index (χ2n) is 9.10. The molecule has 0 spiro atoms. The molecule has 5 rings (SSSR count). The van der Waals surface area contributed by atoms with Gasteiger partial charge in [-0.05, 0) is 43.7 Å². The van der Waals surface area contributed by atoms with Crippen molar-refractivity contribution < 1.29 is 0 Å². The lowest BCUT2D eigenvalue weighted by Gasteiger charge is -2.35. The van der Waals surface area contributed by atoms with E-state index >= 15 is 0 Å². The molecule has 3 aromatic rings. The quantitative estimate of drug-likeness (QED) is 0.611. The number of rotatable bonds is 4. The van der Waals surface area contributed by atoms with E-state index in [9.17, 15) is 4.79 Å². The molecule has 2 aromatic heterocycles. The van der Waals surface area contributed by atoms with Crippen molar-refractivity contribution in [1.29, 1.82) is 0 Å². The molecule has 2 fully saturated rings. The summed E-state index contributed by atoms with van der Waals surface area (Å²) < 4.78 is 1.64. The van der Waals surface area contributed by atoms with Crippen molar-refractivity contribution in [2.24, 2.45) is 7.05 Å². The summed E-state index contributed by atoms with van der Waals surface area (Å²) in [6.07, 6.45) is 5.36. The predicted octanol–water partition coefficient (Wildman–Crippen LogP) is 2.37. The fourth-order valence-corrected chi connectivity index (χ4v) is 4.84. The highest BCUT2D eigenvalue weighted by Crippen LogP contribution is 2.31. The molecule has 0 amide bonds. The van der Waals surface area contributed by atoms with Crippen LogP contribution in [0.4, 0.5) is 11.6 Å². The molecule has 2 aliphatic heterocycles. The van der Waals surface area contributed by atoms with E-state index in [4.69, 9.17) is 4.98 Å². The van der Waals surface area contributed by atoms with Gasteiger partial charge in [0.05, 0.1) is 11.4 Å². The van der Waals surface area contributed by atoms with Crippen LogP contribution in [0.5, 0.6) is 0 Å². The molecular formula is C25H31N7O. The predicted molar refractivity (Wildman–Crippen MR) is 131 cm³/mol. The highest BCUT2D eigenvalue weighted by molar-refractivity contribution is 5.55. The average Bonchev–Trinajstić information content (AvgIpc) is 2.87. The molecule has 0 N–H and O–H groups in total. The van der Waals surface area contributed by atoms with Gasteiger partial charge in [0.25, 0.3) is 5.56 Å². The van der Waals surface area contributed by atoms with Crippen LogP contribution in [0.3, 0.4) is 0 Å². The van der Waals surface area contributed by atoms with E-state index < -0.39 is 0 Å². The van der Waals surface area contributed by atoms with E-state index in [2.05, 4.69) is 56.0 Å². The summed E-state index contributed by atoms with van der Waals surface area (Å²) in [5.74, 6) is 1.12. The number of likely N-dealkylation sites (N-methyl/N-ethyl adjacent to an activating group) is 1. The first-order chi connectivity index (χ1) is 16.1. The van der Waals surface area contributed by atoms with Gasteiger partial charge in [0, 0.05) is 70.2 Å². The summed E-state index contributed by atoms with van der Waals surface area (Å²) in [7, 11) is 3.98. The van der Waals surface area contributed by atoms with Gasteiger partial charge in [0.15, 0.2) is 0 Å². The Labute approximate surface area is 194 Å². The molecule has 1 aromatic carbocycles. The van der Waals surface area contributed by atoms with Crippen molar-refractivity contribution in [2.45, 2.75) is 18.8 Å². The minimum atomic E-state index is -0.0766. The SMILES string of the molecule is CN1CCN(c2ccc(C3CCCN(c4nc(-c5ccncn5)cc(=O)n4C)C3)cc2)CC1. The Morgan fingerprint density at radius 1 is 0.909 bits per heavy atom. The van der Waals surface area contributed by atoms with Gasteiger partial charge < -0.3 is 14.7 Å². The smallest absolute Gasteiger partial charge is 0.255 e. The average molecular weight is 446 g/mol. The molecule has 1 unspecified atom stereocenters. The highest BCUT2D eigenvalue weighted by atomic mass is 16.1. The fraction of sp³-hybridized carbons (Fsp3) is 0.440. The number of anilines is 2.